The van der Waals surface area contributed by atoms with E-state index in [2.05, 4.69) is 15.5 Å². The van der Waals surface area contributed by atoms with Crippen molar-refractivity contribution in [2.24, 2.45) is 0 Å². The lowest BCUT2D eigenvalue weighted by Gasteiger charge is -2.10. The highest BCUT2D eigenvalue weighted by Crippen LogP contribution is 2.26. The molecule has 1 aromatic heterocycles. The Bertz CT molecular complexity index is 581. The first-order valence-corrected chi connectivity index (χ1v) is 5.55. The molecule has 6 nitrogen and oxygen atoms in total. The zero-order valence-electron chi connectivity index (χ0n) is 10.5. The number of nitrogens with zero attached hydrogens (tertiary/aromatic N) is 4. The first-order chi connectivity index (χ1) is 8.49. The van der Waals surface area contributed by atoms with Crippen LogP contribution in [-0.2, 0) is 11.3 Å². The Morgan fingerprint density at radius 1 is 1.28 bits per heavy atom. The highest BCUT2D eigenvalue weighted by Gasteiger charge is 2.15. The molecule has 0 radical (unpaired) electrons. The molecule has 2 rings (SSSR count). The zero-order chi connectivity index (χ0) is 13.3. The Kier molecular flexibility index (Phi) is 3.10. The van der Waals surface area contributed by atoms with Gasteiger partial charge in [0.25, 0.3) is 0 Å². The Balaban J connectivity index is 2.56. The topological polar surface area (TPSA) is 80.9 Å². The predicted octanol–water partition coefficient (Wildman–Crippen LogP) is 1.35. The monoisotopic (exact) mass is 246 g/mol. The fraction of sp³-hybridized carbons (Fsp3) is 0.333. The van der Waals surface area contributed by atoms with Gasteiger partial charge in [-0.2, -0.15) is 0 Å². The molecule has 2 aromatic rings. The van der Waals surface area contributed by atoms with Gasteiger partial charge in [0.15, 0.2) is 5.82 Å². The minimum atomic E-state index is -0.967. The second-order valence-electron chi connectivity index (χ2n) is 4.33. The summed E-state index contributed by atoms with van der Waals surface area (Å²) in [6, 6.07) is 4.06. The van der Waals surface area contributed by atoms with Gasteiger partial charge in [0.2, 0.25) is 0 Å². The Hall–Kier alpha value is -2.24. The lowest BCUT2D eigenvalue weighted by Crippen LogP contribution is -2.12. The van der Waals surface area contributed by atoms with E-state index in [0.717, 1.165) is 22.3 Å². The molecular formula is C12H14N4O2. The van der Waals surface area contributed by atoms with E-state index in [1.807, 2.05) is 32.9 Å². The minimum Gasteiger partial charge on any atom is -0.480 e. The molecule has 0 aliphatic carbocycles. The summed E-state index contributed by atoms with van der Waals surface area (Å²) in [5.74, 6) is -0.474. The summed E-state index contributed by atoms with van der Waals surface area (Å²) in [5, 5.41) is 20.0. The highest BCUT2D eigenvalue weighted by atomic mass is 16.4. The second kappa shape index (κ2) is 4.56. The molecule has 0 fully saturated rings. The Morgan fingerprint density at radius 3 is 2.44 bits per heavy atom. The summed E-state index contributed by atoms with van der Waals surface area (Å²) < 4.78 is 1.30. The van der Waals surface area contributed by atoms with Crippen molar-refractivity contribution >= 4 is 5.97 Å². The van der Waals surface area contributed by atoms with Gasteiger partial charge in [0.05, 0.1) is 0 Å². The molecule has 94 valence electrons. The fourth-order valence-corrected chi connectivity index (χ4v) is 2.15. The van der Waals surface area contributed by atoms with Gasteiger partial charge in [-0.1, -0.05) is 17.7 Å². The SMILES string of the molecule is Cc1cc(C)c(-c2nnnn2CC(=O)O)c(C)c1. The van der Waals surface area contributed by atoms with Crippen molar-refractivity contribution in [3.63, 3.8) is 0 Å². The molecule has 6 heteroatoms. The van der Waals surface area contributed by atoms with E-state index in [1.165, 1.54) is 4.68 Å². The molecule has 18 heavy (non-hydrogen) atoms. The van der Waals surface area contributed by atoms with Crippen molar-refractivity contribution in [3.05, 3.63) is 28.8 Å². The lowest BCUT2D eigenvalue weighted by atomic mass is 9.99. The number of hydrogen-bond donors (Lipinski definition) is 1. The van der Waals surface area contributed by atoms with E-state index in [-0.39, 0.29) is 6.54 Å². The van der Waals surface area contributed by atoms with Crippen molar-refractivity contribution in [2.45, 2.75) is 27.3 Å². The van der Waals surface area contributed by atoms with Gasteiger partial charge in [-0.15, -0.1) is 5.10 Å². The highest BCUT2D eigenvalue weighted by molar-refractivity contribution is 5.69. The van der Waals surface area contributed by atoms with Crippen LogP contribution in [0.4, 0.5) is 0 Å². The average molecular weight is 246 g/mol. The maximum absolute atomic E-state index is 10.8. The first kappa shape index (κ1) is 12.2. The normalized spacial score (nSPS) is 10.6. The summed E-state index contributed by atoms with van der Waals surface area (Å²) in [5.41, 5.74) is 4.13. The van der Waals surface area contributed by atoms with E-state index >= 15 is 0 Å². The van der Waals surface area contributed by atoms with Gasteiger partial charge in [0, 0.05) is 5.56 Å². The van der Waals surface area contributed by atoms with Gasteiger partial charge in [-0.3, -0.25) is 4.79 Å². The number of carboxylic acid groups (broad SMARTS) is 1. The third kappa shape index (κ3) is 2.22. The van der Waals surface area contributed by atoms with Crippen LogP contribution in [0.25, 0.3) is 11.4 Å². The molecule has 1 heterocycles. The second-order valence-corrected chi connectivity index (χ2v) is 4.33. The number of benzene rings is 1. The lowest BCUT2D eigenvalue weighted by molar-refractivity contribution is -0.137. The van der Waals surface area contributed by atoms with Gasteiger partial charge >= 0.3 is 5.97 Å². The summed E-state index contributed by atoms with van der Waals surface area (Å²) in [7, 11) is 0. The summed E-state index contributed by atoms with van der Waals surface area (Å²) in [6.07, 6.45) is 0. The number of hydrogen-bond acceptors (Lipinski definition) is 4. The number of rotatable bonds is 3. The van der Waals surface area contributed by atoms with Crippen LogP contribution < -0.4 is 0 Å². The summed E-state index contributed by atoms with van der Waals surface area (Å²) >= 11 is 0. The Labute approximate surface area is 104 Å². The number of carboxylic acids is 1. The van der Waals surface area contributed by atoms with E-state index in [4.69, 9.17) is 5.11 Å². The van der Waals surface area contributed by atoms with Crippen LogP contribution in [0.2, 0.25) is 0 Å². The van der Waals surface area contributed by atoms with Crippen molar-refractivity contribution in [1.82, 2.24) is 20.2 Å². The molecule has 0 saturated heterocycles. The smallest absolute Gasteiger partial charge is 0.325 e. The summed E-state index contributed by atoms with van der Waals surface area (Å²) in [4.78, 5) is 10.8. The summed E-state index contributed by atoms with van der Waals surface area (Å²) in [6.45, 7) is 5.71. The van der Waals surface area contributed by atoms with Crippen LogP contribution in [-0.4, -0.2) is 31.3 Å². The molecular weight excluding hydrogens is 232 g/mol. The van der Waals surface area contributed by atoms with E-state index in [9.17, 15) is 4.79 Å². The largest absolute Gasteiger partial charge is 0.480 e. The average Bonchev–Trinajstić information content (AvgIpc) is 2.63. The van der Waals surface area contributed by atoms with Crippen molar-refractivity contribution in [2.75, 3.05) is 0 Å². The van der Waals surface area contributed by atoms with Gasteiger partial charge in [-0.05, 0) is 42.3 Å². The molecule has 0 unspecified atom stereocenters. The predicted molar refractivity (Wildman–Crippen MR) is 65.1 cm³/mol. The molecule has 0 bridgehead atoms. The van der Waals surface area contributed by atoms with Crippen LogP contribution in [0.5, 0.6) is 0 Å². The first-order valence-electron chi connectivity index (χ1n) is 5.55. The standard InChI is InChI=1S/C12H14N4O2/c1-7-4-8(2)11(9(3)5-7)12-13-14-15-16(12)6-10(17)18/h4-5H,6H2,1-3H3,(H,17,18). The molecule has 0 amide bonds. The fourth-order valence-electron chi connectivity index (χ4n) is 2.15. The van der Waals surface area contributed by atoms with Gasteiger partial charge in [-0.25, -0.2) is 4.68 Å². The molecule has 0 atom stereocenters. The number of tetrazole rings is 1. The van der Waals surface area contributed by atoms with Crippen LogP contribution in [0, 0.1) is 20.8 Å². The minimum absolute atomic E-state index is 0.241. The molecule has 0 saturated carbocycles. The number of aryl methyl sites for hydroxylation is 3. The van der Waals surface area contributed by atoms with E-state index in [0.29, 0.717) is 5.82 Å². The number of aliphatic carboxylic acids is 1. The van der Waals surface area contributed by atoms with Crippen LogP contribution in [0.15, 0.2) is 12.1 Å². The van der Waals surface area contributed by atoms with Gasteiger partial charge < -0.3 is 5.11 Å². The van der Waals surface area contributed by atoms with Crippen molar-refractivity contribution in [3.8, 4) is 11.4 Å². The van der Waals surface area contributed by atoms with Crippen LogP contribution in [0.1, 0.15) is 16.7 Å². The molecule has 0 spiro atoms. The van der Waals surface area contributed by atoms with Crippen LogP contribution >= 0.6 is 0 Å². The van der Waals surface area contributed by atoms with E-state index in [1.54, 1.807) is 0 Å². The van der Waals surface area contributed by atoms with Crippen molar-refractivity contribution in [1.29, 1.82) is 0 Å². The number of carbonyl (C=O) groups is 1. The maximum Gasteiger partial charge on any atom is 0.325 e. The third-order valence-electron chi connectivity index (χ3n) is 2.72. The van der Waals surface area contributed by atoms with Crippen LogP contribution in [0.3, 0.4) is 0 Å². The molecule has 0 aliphatic rings. The maximum atomic E-state index is 10.8. The molecule has 1 aromatic carbocycles. The van der Waals surface area contributed by atoms with Crippen molar-refractivity contribution < 1.29 is 9.90 Å². The molecule has 1 N–H and O–H groups in total. The Morgan fingerprint density at radius 2 is 1.89 bits per heavy atom. The third-order valence-corrected chi connectivity index (χ3v) is 2.72. The van der Waals surface area contributed by atoms with Gasteiger partial charge in [0.1, 0.15) is 6.54 Å². The molecule has 0 aliphatic heterocycles. The van der Waals surface area contributed by atoms with E-state index < -0.39 is 5.97 Å². The number of aromatic nitrogens is 4. The quantitative estimate of drug-likeness (QED) is 0.884. The zero-order valence-corrected chi connectivity index (χ0v) is 10.5.